The largest absolute Gasteiger partial charge is 0.339 e. The topological polar surface area (TPSA) is 64.9 Å². The van der Waals surface area contributed by atoms with Gasteiger partial charge in [-0.25, -0.2) is 0 Å². The first-order chi connectivity index (χ1) is 9.76. The Balaban J connectivity index is 1.65. The van der Waals surface area contributed by atoms with Crippen molar-refractivity contribution < 1.29 is 4.52 Å². The van der Waals surface area contributed by atoms with Crippen LogP contribution in [0.3, 0.4) is 0 Å². The Kier molecular flexibility index (Phi) is 3.83. The maximum absolute atomic E-state index is 6.42. The van der Waals surface area contributed by atoms with Crippen LogP contribution >= 0.6 is 0 Å². The highest BCUT2D eigenvalue weighted by molar-refractivity contribution is 5.15. The molecule has 0 spiro atoms. The van der Waals surface area contributed by atoms with E-state index in [-0.39, 0.29) is 5.54 Å². The van der Waals surface area contributed by atoms with Crippen LogP contribution in [0.5, 0.6) is 0 Å². The lowest BCUT2D eigenvalue weighted by Crippen LogP contribution is -2.39. The van der Waals surface area contributed by atoms with Gasteiger partial charge in [-0.05, 0) is 24.8 Å². The zero-order chi connectivity index (χ0) is 13.8. The van der Waals surface area contributed by atoms with Gasteiger partial charge in [-0.1, -0.05) is 54.8 Å². The fraction of sp³-hybridized carbons (Fsp3) is 0.500. The average molecular weight is 271 g/mol. The first-order valence-corrected chi connectivity index (χ1v) is 7.42. The number of aryl methyl sites for hydroxylation is 2. The third-order valence-electron chi connectivity index (χ3n) is 4.13. The molecule has 1 aliphatic carbocycles. The molecule has 1 fully saturated rings. The molecule has 1 saturated carbocycles. The molecule has 106 valence electrons. The maximum Gasteiger partial charge on any atom is 0.227 e. The van der Waals surface area contributed by atoms with E-state index in [1.807, 2.05) is 18.2 Å². The summed E-state index contributed by atoms with van der Waals surface area (Å²) in [6, 6.07) is 10.3. The second-order valence-electron chi connectivity index (χ2n) is 5.71. The van der Waals surface area contributed by atoms with Gasteiger partial charge in [0.15, 0.2) is 5.82 Å². The predicted molar refractivity (Wildman–Crippen MR) is 77.1 cm³/mol. The Morgan fingerprint density at radius 1 is 1.05 bits per heavy atom. The molecule has 4 nitrogen and oxygen atoms in total. The average Bonchev–Trinajstić information content (AvgIpc) is 2.97. The van der Waals surface area contributed by atoms with E-state index in [0.29, 0.717) is 11.7 Å². The molecule has 2 N–H and O–H groups in total. The lowest BCUT2D eigenvalue weighted by atomic mass is 9.82. The van der Waals surface area contributed by atoms with Crippen LogP contribution in [0.4, 0.5) is 0 Å². The van der Waals surface area contributed by atoms with Crippen LogP contribution < -0.4 is 5.73 Å². The third-order valence-corrected chi connectivity index (χ3v) is 4.13. The third kappa shape index (κ3) is 2.90. The molecule has 1 aliphatic rings. The van der Waals surface area contributed by atoms with Gasteiger partial charge in [-0.15, -0.1) is 0 Å². The van der Waals surface area contributed by atoms with E-state index < -0.39 is 0 Å². The minimum absolute atomic E-state index is 0.368. The zero-order valence-corrected chi connectivity index (χ0v) is 11.7. The number of hydrogen-bond donors (Lipinski definition) is 1. The van der Waals surface area contributed by atoms with Crippen molar-refractivity contribution in [2.45, 2.75) is 50.5 Å². The van der Waals surface area contributed by atoms with Crippen LogP contribution in [-0.4, -0.2) is 10.1 Å². The van der Waals surface area contributed by atoms with Crippen LogP contribution in [0.1, 0.15) is 49.4 Å². The van der Waals surface area contributed by atoms with E-state index >= 15 is 0 Å². The molecule has 2 aromatic rings. The summed E-state index contributed by atoms with van der Waals surface area (Å²) in [5, 5.41) is 4.11. The Morgan fingerprint density at radius 2 is 1.80 bits per heavy atom. The lowest BCUT2D eigenvalue weighted by molar-refractivity contribution is 0.273. The van der Waals surface area contributed by atoms with Crippen molar-refractivity contribution in [1.29, 1.82) is 0 Å². The zero-order valence-electron chi connectivity index (χ0n) is 11.7. The van der Waals surface area contributed by atoms with Crippen molar-refractivity contribution in [1.82, 2.24) is 10.1 Å². The molecule has 0 radical (unpaired) electrons. The highest BCUT2D eigenvalue weighted by Crippen LogP contribution is 2.33. The Labute approximate surface area is 119 Å². The predicted octanol–water partition coefficient (Wildman–Crippen LogP) is 2.97. The standard InChI is InChI=1S/C16H21N3O/c17-16(11-5-2-6-12-16)15-18-14(20-19-15)10-9-13-7-3-1-4-8-13/h1,3-4,7-8H,2,5-6,9-12,17H2. The van der Waals surface area contributed by atoms with E-state index in [1.165, 1.54) is 12.0 Å². The summed E-state index contributed by atoms with van der Waals surface area (Å²) >= 11 is 0. The molecule has 1 aromatic carbocycles. The molecule has 1 heterocycles. The summed E-state index contributed by atoms with van der Waals surface area (Å²) in [7, 11) is 0. The van der Waals surface area contributed by atoms with Gasteiger partial charge in [0.25, 0.3) is 0 Å². The summed E-state index contributed by atoms with van der Waals surface area (Å²) in [5.74, 6) is 1.39. The summed E-state index contributed by atoms with van der Waals surface area (Å²) in [6.45, 7) is 0. The summed E-state index contributed by atoms with van der Waals surface area (Å²) in [4.78, 5) is 4.52. The molecule has 0 unspecified atom stereocenters. The van der Waals surface area contributed by atoms with E-state index in [1.54, 1.807) is 0 Å². The first-order valence-electron chi connectivity index (χ1n) is 7.42. The molecule has 3 rings (SSSR count). The lowest BCUT2D eigenvalue weighted by Gasteiger charge is -2.29. The normalized spacial score (nSPS) is 18.1. The van der Waals surface area contributed by atoms with E-state index in [0.717, 1.165) is 38.5 Å². The first kappa shape index (κ1) is 13.3. The Bertz CT molecular complexity index is 544. The monoisotopic (exact) mass is 271 g/mol. The van der Waals surface area contributed by atoms with Gasteiger partial charge in [-0.3, -0.25) is 0 Å². The second-order valence-corrected chi connectivity index (χ2v) is 5.71. The van der Waals surface area contributed by atoms with Crippen molar-refractivity contribution in [3.8, 4) is 0 Å². The minimum Gasteiger partial charge on any atom is -0.339 e. The van der Waals surface area contributed by atoms with Gasteiger partial charge in [0.2, 0.25) is 5.89 Å². The van der Waals surface area contributed by atoms with Gasteiger partial charge in [0, 0.05) is 6.42 Å². The van der Waals surface area contributed by atoms with Crippen molar-refractivity contribution >= 4 is 0 Å². The molecule has 0 bridgehead atoms. The molecular formula is C16H21N3O. The number of nitrogens with two attached hydrogens (primary N) is 1. The van der Waals surface area contributed by atoms with Gasteiger partial charge >= 0.3 is 0 Å². The van der Waals surface area contributed by atoms with Gasteiger partial charge in [-0.2, -0.15) is 4.98 Å². The minimum atomic E-state index is -0.368. The van der Waals surface area contributed by atoms with Crippen LogP contribution in [0.15, 0.2) is 34.9 Å². The molecule has 1 aromatic heterocycles. The van der Waals surface area contributed by atoms with E-state index in [2.05, 4.69) is 22.3 Å². The Morgan fingerprint density at radius 3 is 2.55 bits per heavy atom. The summed E-state index contributed by atoms with van der Waals surface area (Å²) in [6.07, 6.45) is 7.19. The molecule has 20 heavy (non-hydrogen) atoms. The van der Waals surface area contributed by atoms with Crippen molar-refractivity contribution in [3.63, 3.8) is 0 Å². The second kappa shape index (κ2) is 5.75. The molecule has 0 aliphatic heterocycles. The SMILES string of the molecule is NC1(c2noc(CCc3ccccc3)n2)CCCCC1. The van der Waals surface area contributed by atoms with Crippen molar-refractivity contribution in [3.05, 3.63) is 47.6 Å². The molecular weight excluding hydrogens is 250 g/mol. The number of benzene rings is 1. The highest BCUT2D eigenvalue weighted by Gasteiger charge is 2.34. The molecule has 0 atom stereocenters. The van der Waals surface area contributed by atoms with Crippen LogP contribution in [0.2, 0.25) is 0 Å². The number of aromatic nitrogens is 2. The van der Waals surface area contributed by atoms with Gasteiger partial charge in [0.05, 0.1) is 5.54 Å². The summed E-state index contributed by atoms with van der Waals surface area (Å²) < 4.78 is 5.36. The van der Waals surface area contributed by atoms with Crippen molar-refractivity contribution in [2.24, 2.45) is 5.73 Å². The molecule has 0 amide bonds. The van der Waals surface area contributed by atoms with Gasteiger partial charge in [0.1, 0.15) is 0 Å². The van der Waals surface area contributed by atoms with Crippen LogP contribution in [0.25, 0.3) is 0 Å². The van der Waals surface area contributed by atoms with Gasteiger partial charge < -0.3 is 10.3 Å². The Hall–Kier alpha value is -1.68. The maximum atomic E-state index is 6.42. The number of rotatable bonds is 4. The van der Waals surface area contributed by atoms with E-state index in [4.69, 9.17) is 10.3 Å². The molecule has 4 heteroatoms. The fourth-order valence-electron chi connectivity index (χ4n) is 2.86. The fourth-order valence-corrected chi connectivity index (χ4v) is 2.86. The quantitative estimate of drug-likeness (QED) is 0.928. The van der Waals surface area contributed by atoms with Crippen molar-refractivity contribution in [2.75, 3.05) is 0 Å². The highest BCUT2D eigenvalue weighted by atomic mass is 16.5. The van der Waals surface area contributed by atoms with Crippen LogP contribution in [0, 0.1) is 0 Å². The van der Waals surface area contributed by atoms with Crippen LogP contribution in [-0.2, 0) is 18.4 Å². The number of nitrogens with zero attached hydrogens (tertiary/aromatic N) is 2. The van der Waals surface area contributed by atoms with E-state index in [9.17, 15) is 0 Å². The summed E-state index contributed by atoms with van der Waals surface area (Å²) in [5.41, 5.74) is 7.33. The smallest absolute Gasteiger partial charge is 0.227 e. The molecule has 0 saturated heterocycles. The number of hydrogen-bond acceptors (Lipinski definition) is 4.